The summed E-state index contributed by atoms with van der Waals surface area (Å²) in [5.41, 5.74) is 7.56. The van der Waals surface area contributed by atoms with Crippen LogP contribution in [0.5, 0.6) is 0 Å². The quantitative estimate of drug-likeness (QED) is 0.382. The van der Waals surface area contributed by atoms with Gasteiger partial charge in [-0.2, -0.15) is 11.3 Å². The van der Waals surface area contributed by atoms with Crippen molar-refractivity contribution in [2.24, 2.45) is 0 Å². The number of ketones is 2. The van der Waals surface area contributed by atoms with Gasteiger partial charge in [-0.15, -0.1) is 0 Å². The molecule has 3 aromatic rings. The number of rotatable bonds is 5. The van der Waals surface area contributed by atoms with Crippen molar-refractivity contribution in [1.29, 1.82) is 0 Å². The highest BCUT2D eigenvalue weighted by molar-refractivity contribution is 7.07. The second-order valence-corrected chi connectivity index (χ2v) is 7.89. The Balaban J connectivity index is 1.52. The van der Waals surface area contributed by atoms with Crippen molar-refractivity contribution < 1.29 is 23.9 Å². The third-order valence-corrected chi connectivity index (χ3v) is 5.84. The molecule has 2 N–H and O–H groups in total. The summed E-state index contributed by atoms with van der Waals surface area (Å²) >= 11 is 1.53. The molecule has 0 spiro atoms. The van der Waals surface area contributed by atoms with Crippen LogP contribution in [-0.2, 0) is 16.1 Å². The van der Waals surface area contributed by atoms with Gasteiger partial charge >= 0.3 is 5.97 Å². The van der Waals surface area contributed by atoms with Gasteiger partial charge < -0.3 is 15.4 Å². The molecule has 1 amide bonds. The molecule has 2 aromatic carbocycles. The molecule has 8 heteroatoms. The Hall–Kier alpha value is -3.78. The normalized spacial score (nSPS) is 12.2. The molecule has 31 heavy (non-hydrogen) atoms. The number of carbonyl (C=O) groups is 4. The molecule has 0 aliphatic heterocycles. The monoisotopic (exact) mass is 434 g/mol. The van der Waals surface area contributed by atoms with E-state index >= 15 is 0 Å². The lowest BCUT2D eigenvalue weighted by atomic mass is 9.82. The second kappa shape index (κ2) is 8.16. The minimum Gasteiger partial charge on any atom is -0.452 e. The predicted molar refractivity (Wildman–Crippen MR) is 115 cm³/mol. The van der Waals surface area contributed by atoms with Crippen LogP contribution < -0.4 is 5.73 Å². The maximum absolute atomic E-state index is 12.9. The van der Waals surface area contributed by atoms with E-state index in [4.69, 9.17) is 10.5 Å². The smallest absolute Gasteiger partial charge is 0.340 e. The zero-order valence-electron chi connectivity index (χ0n) is 16.6. The lowest BCUT2D eigenvalue weighted by Gasteiger charge is -2.20. The first kappa shape index (κ1) is 20.5. The average molecular weight is 434 g/mol. The summed E-state index contributed by atoms with van der Waals surface area (Å²) in [6.07, 6.45) is 0. The first-order valence-electron chi connectivity index (χ1n) is 9.41. The summed E-state index contributed by atoms with van der Waals surface area (Å²) in [6, 6.07) is 11.1. The van der Waals surface area contributed by atoms with Crippen LogP contribution in [0.1, 0.15) is 47.8 Å². The third-order valence-electron chi connectivity index (χ3n) is 5.11. The second-order valence-electron chi connectivity index (χ2n) is 7.11. The molecule has 1 heterocycles. The summed E-state index contributed by atoms with van der Waals surface area (Å²) in [7, 11) is 1.61. The number of nitrogens with zero attached hydrogens (tertiary/aromatic N) is 1. The molecule has 0 saturated carbocycles. The first-order chi connectivity index (χ1) is 14.9. The number of nitrogens with two attached hydrogens (primary N) is 1. The number of esters is 1. The van der Waals surface area contributed by atoms with Gasteiger partial charge in [-0.25, -0.2) is 4.79 Å². The number of benzene rings is 2. The summed E-state index contributed by atoms with van der Waals surface area (Å²) in [5, 5.41) is 3.84. The zero-order valence-corrected chi connectivity index (χ0v) is 17.4. The highest BCUT2D eigenvalue weighted by Gasteiger charge is 2.33. The van der Waals surface area contributed by atoms with E-state index in [2.05, 4.69) is 0 Å². The number of hydrogen-bond acceptors (Lipinski definition) is 7. The number of fused-ring (bicyclic) bond motifs is 2. The molecule has 0 fully saturated rings. The Morgan fingerprint density at radius 3 is 2.39 bits per heavy atom. The molecule has 0 unspecified atom stereocenters. The first-order valence-corrected chi connectivity index (χ1v) is 10.4. The molecule has 7 nitrogen and oxygen atoms in total. The van der Waals surface area contributed by atoms with Gasteiger partial charge in [-0.1, -0.05) is 24.3 Å². The van der Waals surface area contributed by atoms with Crippen molar-refractivity contribution in [3.8, 4) is 0 Å². The Labute approximate surface area is 182 Å². The largest absolute Gasteiger partial charge is 0.452 e. The summed E-state index contributed by atoms with van der Waals surface area (Å²) < 4.78 is 5.13. The van der Waals surface area contributed by atoms with E-state index < -0.39 is 18.4 Å². The van der Waals surface area contributed by atoms with Gasteiger partial charge in [0.05, 0.1) is 16.8 Å². The number of hydrogen-bond donors (Lipinski definition) is 1. The molecular weight excluding hydrogens is 416 g/mol. The number of nitrogen functional groups attached to an aromatic ring is 1. The Morgan fingerprint density at radius 1 is 1.00 bits per heavy atom. The van der Waals surface area contributed by atoms with Gasteiger partial charge in [0.2, 0.25) is 0 Å². The fourth-order valence-corrected chi connectivity index (χ4v) is 4.11. The minimum absolute atomic E-state index is 0.0148. The summed E-state index contributed by atoms with van der Waals surface area (Å²) in [6.45, 7) is -0.0669. The Kier molecular flexibility index (Phi) is 5.39. The Morgan fingerprint density at radius 2 is 1.71 bits per heavy atom. The van der Waals surface area contributed by atoms with Crippen LogP contribution in [0.25, 0.3) is 0 Å². The van der Waals surface area contributed by atoms with E-state index in [9.17, 15) is 19.2 Å². The van der Waals surface area contributed by atoms with E-state index in [1.165, 1.54) is 28.4 Å². The number of amides is 1. The molecule has 0 radical (unpaired) electrons. The van der Waals surface area contributed by atoms with Crippen molar-refractivity contribution in [3.63, 3.8) is 0 Å². The SMILES string of the molecule is CN(Cc1ccsc1)C(=O)COC(=O)c1ccc2c(c1N)C(=O)c1ccccc1C2=O. The summed E-state index contributed by atoms with van der Waals surface area (Å²) in [4.78, 5) is 51.9. The molecular formula is C23H18N2O5S. The van der Waals surface area contributed by atoms with Gasteiger partial charge in [-0.05, 0) is 34.5 Å². The highest BCUT2D eigenvalue weighted by atomic mass is 32.1. The highest BCUT2D eigenvalue weighted by Crippen LogP contribution is 2.32. The van der Waals surface area contributed by atoms with Crippen molar-refractivity contribution in [3.05, 3.63) is 86.6 Å². The topological polar surface area (TPSA) is 107 Å². The molecule has 0 atom stereocenters. The van der Waals surface area contributed by atoms with E-state index in [0.717, 1.165) is 5.56 Å². The van der Waals surface area contributed by atoms with E-state index in [0.29, 0.717) is 12.1 Å². The van der Waals surface area contributed by atoms with Crippen LogP contribution in [0.3, 0.4) is 0 Å². The molecule has 156 valence electrons. The minimum atomic E-state index is -0.836. The van der Waals surface area contributed by atoms with Gasteiger partial charge in [0.25, 0.3) is 5.91 Å². The van der Waals surface area contributed by atoms with Crippen molar-refractivity contribution in [2.75, 3.05) is 19.4 Å². The lowest BCUT2D eigenvalue weighted by Crippen LogP contribution is -2.31. The van der Waals surface area contributed by atoms with Crippen molar-refractivity contribution in [1.82, 2.24) is 4.90 Å². The Bertz CT molecular complexity index is 1220. The maximum atomic E-state index is 12.9. The number of ether oxygens (including phenoxy) is 1. The number of thiophene rings is 1. The van der Waals surface area contributed by atoms with Crippen LogP contribution in [0.4, 0.5) is 5.69 Å². The van der Waals surface area contributed by atoms with Crippen LogP contribution in [0, 0.1) is 0 Å². The predicted octanol–water partition coefficient (Wildman–Crippen LogP) is 2.92. The van der Waals surface area contributed by atoms with E-state index in [1.54, 1.807) is 31.3 Å². The molecule has 4 rings (SSSR count). The zero-order chi connectivity index (χ0) is 22.1. The fourth-order valence-electron chi connectivity index (χ4n) is 3.45. The average Bonchev–Trinajstić information content (AvgIpc) is 3.28. The van der Waals surface area contributed by atoms with Crippen LogP contribution in [0.15, 0.2) is 53.2 Å². The molecule has 1 aromatic heterocycles. The van der Waals surface area contributed by atoms with Crippen LogP contribution in [0.2, 0.25) is 0 Å². The fraction of sp³-hybridized carbons (Fsp3) is 0.130. The number of carbonyl (C=O) groups excluding carboxylic acids is 4. The van der Waals surface area contributed by atoms with Crippen molar-refractivity contribution in [2.45, 2.75) is 6.54 Å². The molecule has 1 aliphatic rings. The molecule has 0 bridgehead atoms. The molecule has 0 saturated heterocycles. The van der Waals surface area contributed by atoms with Gasteiger partial charge in [0, 0.05) is 30.3 Å². The van der Waals surface area contributed by atoms with E-state index in [1.807, 2.05) is 16.8 Å². The molecule has 1 aliphatic carbocycles. The van der Waals surface area contributed by atoms with Gasteiger partial charge in [0.15, 0.2) is 18.2 Å². The lowest BCUT2D eigenvalue weighted by molar-refractivity contribution is -0.133. The van der Waals surface area contributed by atoms with Crippen LogP contribution >= 0.6 is 11.3 Å². The third kappa shape index (κ3) is 3.73. The van der Waals surface area contributed by atoms with Crippen LogP contribution in [-0.4, -0.2) is 42.0 Å². The van der Waals surface area contributed by atoms with Crippen molar-refractivity contribution >= 4 is 40.5 Å². The number of likely N-dealkylation sites (N-methyl/N-ethyl adjacent to an activating group) is 1. The van der Waals surface area contributed by atoms with Gasteiger partial charge in [0.1, 0.15) is 0 Å². The van der Waals surface area contributed by atoms with E-state index in [-0.39, 0.29) is 39.6 Å². The van der Waals surface area contributed by atoms with Gasteiger partial charge in [-0.3, -0.25) is 14.4 Å². The summed E-state index contributed by atoms with van der Waals surface area (Å²) in [5.74, 6) is -1.97. The standard InChI is InChI=1S/C23H18N2O5S/c1-25(10-13-8-9-31-12-13)18(26)11-30-23(29)17-7-6-16-19(20(17)24)22(28)15-5-3-2-4-14(15)21(16)27/h2-9,12H,10-11,24H2,1H3. The maximum Gasteiger partial charge on any atom is 0.340 e. The number of anilines is 1.